The highest BCUT2D eigenvalue weighted by molar-refractivity contribution is 6.02. The molecule has 2 N–H and O–H groups in total. The van der Waals surface area contributed by atoms with Gasteiger partial charge in [-0.15, -0.1) is 0 Å². The molecule has 0 atom stereocenters. The minimum Gasteiger partial charge on any atom is -0.351 e. The summed E-state index contributed by atoms with van der Waals surface area (Å²) in [4.78, 5) is 3.20. The molecule has 0 aliphatic heterocycles. The van der Waals surface area contributed by atoms with Crippen molar-refractivity contribution < 1.29 is 0 Å². The van der Waals surface area contributed by atoms with Crippen molar-refractivity contribution in [3.05, 3.63) is 54.7 Å². The molecule has 2 aromatic heterocycles. The van der Waals surface area contributed by atoms with Crippen molar-refractivity contribution in [3.8, 4) is 11.4 Å². The number of nitrogens with zero attached hydrogens (tertiary/aromatic N) is 1. The molecule has 85 valence electrons. The van der Waals surface area contributed by atoms with Crippen molar-refractivity contribution in [3.63, 3.8) is 0 Å². The third-order valence-corrected chi connectivity index (χ3v) is 3.23. The van der Waals surface area contributed by atoms with Crippen molar-refractivity contribution in [2.45, 2.75) is 0 Å². The molecule has 1 radical (unpaired) electrons. The lowest BCUT2D eigenvalue weighted by molar-refractivity contribution is 1.12. The number of aromatic nitrogens is 3. The third-order valence-electron chi connectivity index (χ3n) is 3.23. The molecule has 18 heavy (non-hydrogen) atoms. The second-order valence-electron chi connectivity index (χ2n) is 4.29. The van der Waals surface area contributed by atoms with Crippen molar-refractivity contribution >= 4 is 21.7 Å². The van der Waals surface area contributed by atoms with Gasteiger partial charge < -0.3 is 4.98 Å². The van der Waals surface area contributed by atoms with Crippen molar-refractivity contribution in [1.82, 2.24) is 15.2 Å². The van der Waals surface area contributed by atoms with Crippen LogP contribution in [-0.2, 0) is 0 Å². The number of aromatic amines is 2. The highest BCUT2D eigenvalue weighted by Crippen LogP contribution is 2.30. The highest BCUT2D eigenvalue weighted by atomic mass is 15.1. The number of nitrogens with one attached hydrogen (secondary N) is 2. The van der Waals surface area contributed by atoms with E-state index in [-0.39, 0.29) is 0 Å². The van der Waals surface area contributed by atoms with Crippen LogP contribution in [0.1, 0.15) is 0 Å². The van der Waals surface area contributed by atoms with Gasteiger partial charge in [0.25, 0.3) is 0 Å². The van der Waals surface area contributed by atoms with E-state index in [1.54, 1.807) is 0 Å². The Balaban J connectivity index is 2.08. The second kappa shape index (κ2) is 3.47. The van der Waals surface area contributed by atoms with Crippen molar-refractivity contribution in [2.24, 2.45) is 0 Å². The number of hydrogen-bond donors (Lipinski definition) is 2. The van der Waals surface area contributed by atoms with E-state index < -0.39 is 0 Å². The van der Waals surface area contributed by atoms with E-state index in [0.29, 0.717) is 0 Å². The average Bonchev–Trinajstić information content (AvgIpc) is 3.01. The topological polar surface area (TPSA) is 44.5 Å². The quantitative estimate of drug-likeness (QED) is 0.518. The Kier molecular flexibility index (Phi) is 1.83. The van der Waals surface area contributed by atoms with Gasteiger partial charge in [-0.1, -0.05) is 42.5 Å². The monoisotopic (exact) mass is 232 g/mol. The number of hydrogen-bond acceptors (Lipinski definition) is 1. The van der Waals surface area contributed by atoms with Crippen LogP contribution in [0.3, 0.4) is 0 Å². The molecule has 0 unspecified atom stereocenters. The van der Waals surface area contributed by atoms with Crippen LogP contribution in [0.2, 0.25) is 0 Å². The number of rotatable bonds is 1. The summed E-state index contributed by atoms with van der Waals surface area (Å²) >= 11 is 0. The predicted octanol–water partition coefficient (Wildman–Crippen LogP) is 3.51. The number of H-pyrrole nitrogens is 2. The lowest BCUT2D eigenvalue weighted by atomic mass is 10.1. The van der Waals surface area contributed by atoms with Gasteiger partial charge in [-0.2, -0.15) is 5.10 Å². The Labute approximate surface area is 103 Å². The van der Waals surface area contributed by atoms with E-state index in [9.17, 15) is 0 Å². The SMILES string of the molecule is [c]1[nH]c(-c2n[nH]c3ccccc23)c2ccccc12. The molecule has 0 spiro atoms. The van der Waals surface area contributed by atoms with E-state index in [0.717, 1.165) is 33.1 Å². The molecule has 0 amide bonds. The van der Waals surface area contributed by atoms with Gasteiger partial charge >= 0.3 is 0 Å². The van der Waals surface area contributed by atoms with Gasteiger partial charge in [0.1, 0.15) is 5.69 Å². The molecule has 3 nitrogen and oxygen atoms in total. The molecule has 0 fully saturated rings. The lowest BCUT2D eigenvalue weighted by Gasteiger charge is -1.95. The van der Waals surface area contributed by atoms with Gasteiger partial charge in [-0.05, 0) is 6.07 Å². The summed E-state index contributed by atoms with van der Waals surface area (Å²) in [6, 6.07) is 16.3. The molecule has 4 aromatic rings. The fourth-order valence-electron chi connectivity index (χ4n) is 2.35. The Hall–Kier alpha value is -2.55. The van der Waals surface area contributed by atoms with E-state index in [1.165, 1.54) is 0 Å². The van der Waals surface area contributed by atoms with Gasteiger partial charge in [-0.3, -0.25) is 5.10 Å². The zero-order chi connectivity index (χ0) is 11.9. The molecule has 0 bridgehead atoms. The first-order chi connectivity index (χ1) is 8.93. The minimum absolute atomic E-state index is 0.947. The number of para-hydroxylation sites is 1. The Morgan fingerprint density at radius 1 is 0.889 bits per heavy atom. The van der Waals surface area contributed by atoms with Crippen LogP contribution in [0.15, 0.2) is 48.5 Å². The smallest absolute Gasteiger partial charge is 0.117 e. The molecule has 4 rings (SSSR count). The molecule has 0 saturated heterocycles. The summed E-state index contributed by atoms with van der Waals surface area (Å²) in [5, 5.41) is 10.8. The Bertz CT molecular complexity index is 767. The molecular formula is C15H10N3. The summed E-state index contributed by atoms with van der Waals surface area (Å²) in [6.45, 7) is 0. The standard InChI is InChI=1S/C15H10N3/c1-2-6-11-10(5-1)9-16-14(11)15-12-7-3-4-8-13(12)17-18-15/h1-8,16H,(H,17,18). The molecule has 0 aliphatic rings. The maximum atomic E-state index is 4.41. The number of benzene rings is 2. The fraction of sp³-hybridized carbons (Fsp3) is 0. The van der Waals surface area contributed by atoms with Gasteiger partial charge in [-0.25, -0.2) is 0 Å². The van der Waals surface area contributed by atoms with Gasteiger partial charge in [0.15, 0.2) is 0 Å². The Morgan fingerprint density at radius 3 is 2.61 bits per heavy atom. The van der Waals surface area contributed by atoms with Crippen LogP contribution in [0.4, 0.5) is 0 Å². The third kappa shape index (κ3) is 1.21. The zero-order valence-corrected chi connectivity index (χ0v) is 9.57. The summed E-state index contributed by atoms with van der Waals surface area (Å²) in [5.41, 5.74) is 3.01. The summed E-state index contributed by atoms with van der Waals surface area (Å²) in [6.07, 6.45) is 3.16. The van der Waals surface area contributed by atoms with E-state index in [4.69, 9.17) is 0 Å². The average molecular weight is 232 g/mol. The fourth-order valence-corrected chi connectivity index (χ4v) is 2.35. The van der Waals surface area contributed by atoms with E-state index in [1.807, 2.05) is 36.4 Å². The molecule has 3 heteroatoms. The van der Waals surface area contributed by atoms with Crippen LogP contribution in [0, 0.1) is 6.20 Å². The van der Waals surface area contributed by atoms with E-state index in [2.05, 4.69) is 33.5 Å². The molecule has 2 aromatic carbocycles. The van der Waals surface area contributed by atoms with Crippen LogP contribution in [0.25, 0.3) is 33.1 Å². The van der Waals surface area contributed by atoms with Gasteiger partial charge in [0.05, 0.1) is 17.4 Å². The van der Waals surface area contributed by atoms with Crippen molar-refractivity contribution in [1.29, 1.82) is 0 Å². The lowest BCUT2D eigenvalue weighted by Crippen LogP contribution is -1.79. The maximum Gasteiger partial charge on any atom is 0.117 e. The second-order valence-corrected chi connectivity index (χ2v) is 4.29. The Morgan fingerprint density at radius 2 is 1.67 bits per heavy atom. The highest BCUT2D eigenvalue weighted by Gasteiger charge is 2.12. The first-order valence-electron chi connectivity index (χ1n) is 5.85. The molecular weight excluding hydrogens is 222 g/mol. The van der Waals surface area contributed by atoms with Gasteiger partial charge in [0, 0.05) is 16.2 Å². The number of fused-ring (bicyclic) bond motifs is 2. The normalized spacial score (nSPS) is 11.3. The van der Waals surface area contributed by atoms with E-state index >= 15 is 0 Å². The maximum absolute atomic E-state index is 4.41. The molecule has 2 heterocycles. The van der Waals surface area contributed by atoms with Crippen LogP contribution in [-0.4, -0.2) is 15.2 Å². The summed E-state index contributed by atoms with van der Waals surface area (Å²) < 4.78 is 0. The zero-order valence-electron chi connectivity index (χ0n) is 9.57. The first-order valence-corrected chi connectivity index (χ1v) is 5.85. The minimum atomic E-state index is 0.947. The van der Waals surface area contributed by atoms with Crippen LogP contribution < -0.4 is 0 Å². The summed E-state index contributed by atoms with van der Waals surface area (Å²) in [7, 11) is 0. The van der Waals surface area contributed by atoms with Crippen LogP contribution in [0.5, 0.6) is 0 Å². The predicted molar refractivity (Wildman–Crippen MR) is 72.2 cm³/mol. The first kappa shape index (κ1) is 9.48. The van der Waals surface area contributed by atoms with Crippen molar-refractivity contribution in [2.75, 3.05) is 0 Å². The summed E-state index contributed by atoms with van der Waals surface area (Å²) in [5.74, 6) is 0. The largest absolute Gasteiger partial charge is 0.351 e. The van der Waals surface area contributed by atoms with Crippen LogP contribution >= 0.6 is 0 Å². The molecule has 0 saturated carbocycles. The van der Waals surface area contributed by atoms with Gasteiger partial charge in [0.2, 0.25) is 0 Å². The molecule has 0 aliphatic carbocycles.